The van der Waals surface area contributed by atoms with Crippen LogP contribution in [0.4, 0.5) is 0 Å². The lowest BCUT2D eigenvalue weighted by atomic mass is 10.1. The van der Waals surface area contributed by atoms with Gasteiger partial charge in [-0.15, -0.1) is 0 Å². The van der Waals surface area contributed by atoms with Crippen LogP contribution in [0.3, 0.4) is 0 Å². The second-order valence-electron chi connectivity index (χ2n) is 4.88. The highest BCUT2D eigenvalue weighted by molar-refractivity contribution is 5.52. The number of benzene rings is 1. The van der Waals surface area contributed by atoms with Gasteiger partial charge in [0.15, 0.2) is 0 Å². The first-order chi connectivity index (χ1) is 9.88. The van der Waals surface area contributed by atoms with Crippen LogP contribution in [0.5, 0.6) is 5.75 Å². The number of hydrogen-bond acceptors (Lipinski definition) is 2. The third kappa shape index (κ3) is 7.13. The van der Waals surface area contributed by atoms with Crippen LogP contribution >= 0.6 is 0 Å². The second-order valence-corrected chi connectivity index (χ2v) is 4.88. The number of carbonyl (C=O) groups excluding carboxylic acids is 1. The predicted molar refractivity (Wildman–Crippen MR) is 83.9 cm³/mol. The van der Waals surface area contributed by atoms with Crippen LogP contribution < -0.4 is 4.74 Å². The monoisotopic (exact) mass is 273 g/mol. The minimum atomic E-state index is 0.384. The third-order valence-corrected chi connectivity index (χ3v) is 3.18. The molecule has 20 heavy (non-hydrogen) atoms. The van der Waals surface area contributed by atoms with E-state index in [9.17, 15) is 4.79 Å². The minimum Gasteiger partial charge on any atom is -0.493 e. The molecule has 0 fully saturated rings. The molecule has 0 unspecified atom stereocenters. The molecule has 1 aromatic rings. The normalized spacial score (nSPS) is 10.8. The summed E-state index contributed by atoms with van der Waals surface area (Å²) in [5.74, 6) is 0.999. The average Bonchev–Trinajstić information content (AvgIpc) is 2.48. The molecule has 0 spiro atoms. The average molecular weight is 273 g/mol. The zero-order chi connectivity index (χ0) is 14.5. The molecule has 109 valence electrons. The van der Waals surface area contributed by atoms with Gasteiger partial charge in [0.2, 0.25) is 6.29 Å². The molecule has 2 nitrogen and oxygen atoms in total. The molecule has 0 saturated carbocycles. The Labute approximate surface area is 122 Å². The summed E-state index contributed by atoms with van der Waals surface area (Å²) >= 11 is 0. The molecule has 1 aromatic carbocycles. The molecule has 2 heteroatoms. The number of ether oxygens (including phenoxy) is 1. The predicted octanol–water partition coefficient (Wildman–Crippen LogP) is 4.63. The summed E-state index contributed by atoms with van der Waals surface area (Å²) < 4.78 is 5.88. The molecule has 0 aliphatic heterocycles. The van der Waals surface area contributed by atoms with E-state index in [1.165, 1.54) is 24.8 Å². The highest BCUT2D eigenvalue weighted by Gasteiger charge is 2.01. The van der Waals surface area contributed by atoms with Gasteiger partial charge in [-0.25, -0.2) is 0 Å². The fourth-order valence-corrected chi connectivity index (χ4v) is 2.05. The third-order valence-electron chi connectivity index (χ3n) is 3.18. The fourth-order valence-electron chi connectivity index (χ4n) is 2.05. The molecule has 0 atom stereocenters. The number of allylic oxidation sites excluding steroid dienone is 2. The van der Waals surface area contributed by atoms with Gasteiger partial charge in [-0.2, -0.15) is 0 Å². The topological polar surface area (TPSA) is 26.3 Å². The van der Waals surface area contributed by atoms with E-state index in [0.717, 1.165) is 31.6 Å². The fraction of sp³-hybridized carbons (Fsp3) is 0.500. The SMILES string of the molecule is CCCCCCOc1ccccc1CC/C=C/C[C]=O. The minimum absolute atomic E-state index is 0.384. The van der Waals surface area contributed by atoms with Crippen molar-refractivity contribution in [2.24, 2.45) is 0 Å². The Bertz CT molecular complexity index is 396. The summed E-state index contributed by atoms with van der Waals surface area (Å²) in [7, 11) is 0. The van der Waals surface area contributed by atoms with Gasteiger partial charge in [-0.05, 0) is 30.9 Å². The number of hydrogen-bond donors (Lipinski definition) is 0. The maximum absolute atomic E-state index is 10.1. The van der Waals surface area contributed by atoms with Gasteiger partial charge in [0.25, 0.3) is 0 Å². The van der Waals surface area contributed by atoms with Crippen molar-refractivity contribution >= 4 is 6.29 Å². The molecule has 0 amide bonds. The van der Waals surface area contributed by atoms with Crippen molar-refractivity contribution in [1.82, 2.24) is 0 Å². The largest absolute Gasteiger partial charge is 0.493 e. The molecule has 0 bridgehead atoms. The number of unbranched alkanes of at least 4 members (excludes halogenated alkanes) is 3. The zero-order valence-corrected chi connectivity index (χ0v) is 12.4. The Hall–Kier alpha value is -1.57. The quantitative estimate of drug-likeness (QED) is 0.434. The summed E-state index contributed by atoms with van der Waals surface area (Å²) in [6.07, 6.45) is 12.9. The Morgan fingerprint density at radius 2 is 2.00 bits per heavy atom. The van der Waals surface area contributed by atoms with E-state index in [2.05, 4.69) is 13.0 Å². The molecule has 0 aliphatic carbocycles. The van der Waals surface area contributed by atoms with Crippen molar-refractivity contribution in [2.45, 2.75) is 51.9 Å². The second kappa shape index (κ2) is 11.3. The summed E-state index contributed by atoms with van der Waals surface area (Å²) in [6.45, 7) is 3.01. The van der Waals surface area contributed by atoms with Crippen molar-refractivity contribution in [2.75, 3.05) is 6.61 Å². The van der Waals surface area contributed by atoms with Gasteiger partial charge >= 0.3 is 0 Å². The Morgan fingerprint density at radius 3 is 2.80 bits per heavy atom. The summed E-state index contributed by atoms with van der Waals surface area (Å²) in [5.41, 5.74) is 1.24. The Morgan fingerprint density at radius 1 is 1.15 bits per heavy atom. The highest BCUT2D eigenvalue weighted by atomic mass is 16.5. The molecule has 0 aromatic heterocycles. The molecule has 0 N–H and O–H groups in total. The molecular weight excluding hydrogens is 248 g/mol. The maximum atomic E-state index is 10.1. The number of rotatable bonds is 11. The molecule has 1 rings (SSSR count). The van der Waals surface area contributed by atoms with E-state index in [1.807, 2.05) is 36.6 Å². The summed E-state index contributed by atoms with van der Waals surface area (Å²) in [6, 6.07) is 8.21. The van der Waals surface area contributed by atoms with Crippen LogP contribution in [0, 0.1) is 0 Å². The first-order valence-electron chi connectivity index (χ1n) is 7.59. The van der Waals surface area contributed by atoms with Crippen molar-refractivity contribution in [1.29, 1.82) is 0 Å². The van der Waals surface area contributed by atoms with Crippen LogP contribution in [-0.4, -0.2) is 12.9 Å². The number of para-hydroxylation sites is 1. The van der Waals surface area contributed by atoms with Crippen molar-refractivity contribution in [3.63, 3.8) is 0 Å². The molecule has 0 heterocycles. The molecular formula is C18H25O2. The van der Waals surface area contributed by atoms with Gasteiger partial charge in [0.1, 0.15) is 5.75 Å². The smallest absolute Gasteiger partial charge is 0.202 e. The first kappa shape index (κ1) is 16.5. The maximum Gasteiger partial charge on any atom is 0.202 e. The van der Waals surface area contributed by atoms with E-state index in [1.54, 1.807) is 0 Å². The van der Waals surface area contributed by atoms with E-state index in [4.69, 9.17) is 4.74 Å². The summed E-state index contributed by atoms with van der Waals surface area (Å²) in [4.78, 5) is 10.1. The first-order valence-corrected chi connectivity index (χ1v) is 7.59. The van der Waals surface area contributed by atoms with E-state index in [-0.39, 0.29) is 0 Å². The van der Waals surface area contributed by atoms with Gasteiger partial charge in [-0.1, -0.05) is 56.5 Å². The molecule has 1 radical (unpaired) electrons. The van der Waals surface area contributed by atoms with Crippen molar-refractivity contribution < 1.29 is 9.53 Å². The lowest BCUT2D eigenvalue weighted by molar-refractivity contribution is 0.302. The Kier molecular flexibility index (Phi) is 9.29. The van der Waals surface area contributed by atoms with Crippen LogP contribution in [0.15, 0.2) is 36.4 Å². The zero-order valence-electron chi connectivity index (χ0n) is 12.4. The van der Waals surface area contributed by atoms with Crippen LogP contribution in [0.1, 0.15) is 51.0 Å². The van der Waals surface area contributed by atoms with Crippen LogP contribution in [-0.2, 0) is 11.2 Å². The Balaban J connectivity index is 2.36. The summed E-state index contributed by atoms with van der Waals surface area (Å²) in [5, 5.41) is 0. The molecule has 0 saturated heterocycles. The standard InChI is InChI=1S/C18H25O2/c1-2-3-4-11-16-20-18-14-9-8-13-17(18)12-7-5-6-10-15-19/h5-6,8-9,13-14H,2-4,7,10-12,16H2,1H3/b6-5+. The van der Waals surface area contributed by atoms with Crippen molar-refractivity contribution in [3.8, 4) is 5.75 Å². The van der Waals surface area contributed by atoms with Gasteiger partial charge in [0, 0.05) is 6.42 Å². The van der Waals surface area contributed by atoms with E-state index in [0.29, 0.717) is 6.42 Å². The highest BCUT2D eigenvalue weighted by Crippen LogP contribution is 2.20. The van der Waals surface area contributed by atoms with Gasteiger partial charge in [-0.3, -0.25) is 4.79 Å². The van der Waals surface area contributed by atoms with E-state index < -0.39 is 0 Å². The van der Waals surface area contributed by atoms with Crippen LogP contribution in [0.2, 0.25) is 0 Å². The van der Waals surface area contributed by atoms with Gasteiger partial charge in [0.05, 0.1) is 6.61 Å². The van der Waals surface area contributed by atoms with E-state index >= 15 is 0 Å². The van der Waals surface area contributed by atoms with Gasteiger partial charge < -0.3 is 4.74 Å². The lowest BCUT2D eigenvalue weighted by Gasteiger charge is -2.10. The van der Waals surface area contributed by atoms with Crippen LogP contribution in [0.25, 0.3) is 0 Å². The van der Waals surface area contributed by atoms with Crippen molar-refractivity contribution in [3.05, 3.63) is 42.0 Å². The molecule has 0 aliphatic rings. The number of aryl methyl sites for hydroxylation is 1. The lowest BCUT2D eigenvalue weighted by Crippen LogP contribution is -2.00.